The lowest BCUT2D eigenvalue weighted by Crippen LogP contribution is -2.61. The molecule has 9 rings (SSSR count). The van der Waals surface area contributed by atoms with E-state index < -0.39 is 78.1 Å². The van der Waals surface area contributed by atoms with Gasteiger partial charge in [-0.15, -0.1) is 5.10 Å². The van der Waals surface area contributed by atoms with E-state index in [-0.39, 0.29) is 86.6 Å². The van der Waals surface area contributed by atoms with Gasteiger partial charge < -0.3 is 113 Å². The van der Waals surface area contributed by atoms with Gasteiger partial charge >= 0.3 is 5.97 Å². The second kappa shape index (κ2) is 53.7. The standard InChI is InChI=1S/C90H139N13O23/c1-59-19-13-12-14-20-60(2)74(111-8)54-69-25-22-65(7)90(110,126-69)84(107)87(108)102-30-17-15-21-71(102)88(109)124-76(62(4)51-66-23-26-72(104)77(52-66)113-10)55-75(112-9)61(3)50-64(6)82(106)83(114-11)80(63(5)49-59)99-123-57-68-56-101(100-97-68)32-34-116-36-38-118-40-42-120-44-46-122-48-47-121-45-43-119-41-39-117-37-35-115-33-28-78(105)93-29-16-18-31-103-86-79(85(91)94-58-95-86)81(98-103)67-24-27-73-70(53-67)96-89(92)125-73/h12-14,19-20,24,27,50,53,56,58-59,61-63,65-66,69,71-72,74-77,82-83,104,106,110H,15-18,21-23,25-26,28-49,51-52,54-55,57H2,1-11H3,(H2,92,96)(H,93,105)(H2,91,94,95)/b14-12+,19-13+,60-20+,64-50+,99-80+/t59-,61-,62-,63-,65-,66+,69+,71+,72-,74+,75-,76+,77-,82-,83+,90-/m1/s1. The van der Waals surface area contributed by atoms with Crippen LogP contribution in [-0.2, 0) is 110 Å². The molecule has 16 atom stereocenters. The number of anilines is 2. The Balaban J connectivity index is 0.647. The zero-order valence-corrected chi connectivity index (χ0v) is 75.6. The maximum Gasteiger partial charge on any atom is 0.329 e. The largest absolute Gasteiger partial charge is 0.460 e. The second-order valence-electron chi connectivity index (χ2n) is 33.3. The van der Waals surface area contributed by atoms with Crippen LogP contribution in [0.2, 0.25) is 0 Å². The van der Waals surface area contributed by atoms with Gasteiger partial charge in [0.2, 0.25) is 11.7 Å². The third-order valence-corrected chi connectivity index (χ3v) is 23.8. The summed E-state index contributed by atoms with van der Waals surface area (Å²) < 4.78 is 91.0. The van der Waals surface area contributed by atoms with E-state index >= 15 is 0 Å². The van der Waals surface area contributed by atoms with Gasteiger partial charge in [-0.2, -0.15) is 10.1 Å². The number of piperidine rings is 1. The second-order valence-corrected chi connectivity index (χ2v) is 33.3. The molecule has 8 N–H and O–H groups in total. The van der Waals surface area contributed by atoms with Crippen LogP contribution < -0.4 is 16.8 Å². The average Bonchev–Trinajstić information content (AvgIpc) is 1.72. The number of aliphatic hydroxyl groups is 3. The molecule has 0 spiro atoms. The van der Waals surface area contributed by atoms with Crippen LogP contribution in [0.4, 0.5) is 11.8 Å². The molecule has 36 nitrogen and oxygen atoms in total. The van der Waals surface area contributed by atoms with E-state index in [9.17, 15) is 34.5 Å². The predicted molar refractivity (Wildman–Crippen MR) is 469 cm³/mol. The number of fused-ring (bicyclic) bond motifs is 5. The molecule has 1 aliphatic carbocycles. The maximum atomic E-state index is 14.9. The number of ketones is 1. The van der Waals surface area contributed by atoms with E-state index in [2.05, 4.69) is 43.6 Å². The minimum atomic E-state index is -2.44. The van der Waals surface area contributed by atoms with Crippen molar-refractivity contribution in [2.45, 2.75) is 225 Å². The molecule has 3 fully saturated rings. The van der Waals surface area contributed by atoms with Gasteiger partial charge in [0, 0.05) is 90.7 Å². The molecule has 4 aromatic heterocycles. The van der Waals surface area contributed by atoms with E-state index in [1.807, 2.05) is 77.1 Å². The van der Waals surface area contributed by atoms with Crippen LogP contribution >= 0.6 is 0 Å². The number of hydrogen-bond donors (Lipinski definition) is 6. The number of aromatic nitrogens is 8. The smallest absolute Gasteiger partial charge is 0.329 e. The molecule has 36 heteroatoms. The lowest BCUT2D eigenvalue weighted by atomic mass is 9.78. The highest BCUT2D eigenvalue weighted by atomic mass is 16.6. The number of aliphatic hydroxyl groups excluding tert-OH is 2. The Morgan fingerprint density at radius 3 is 2.07 bits per heavy atom. The molecular formula is C90H139N13O23. The molecule has 1 aromatic carbocycles. The Labute approximate surface area is 739 Å². The fourth-order valence-electron chi connectivity index (χ4n) is 16.6. The van der Waals surface area contributed by atoms with Crippen molar-refractivity contribution in [3.8, 4) is 11.3 Å². The van der Waals surface area contributed by atoms with Crippen LogP contribution in [0.25, 0.3) is 33.4 Å². The molecule has 0 unspecified atom stereocenters. The summed E-state index contributed by atoms with van der Waals surface area (Å²) in [7, 11) is 6.32. The van der Waals surface area contributed by atoms with Gasteiger partial charge in [0.15, 0.2) is 17.8 Å². The SMILES string of the molecule is CO[C@H]1C[C@@H]2CC[C@@H](C)[C@@](O)(O2)C(=O)C(=O)N2CCCC[C@H]2C(=O)O[C@H]([C@H](C)C[C@@H]2CC[C@@H](O)[C@H](OC)C2)C[C@@H](OC)[C@H](C)/C=C(\C)[C@@H](O)[C@@H](OC)/C(=N/OCc2cn(CCOCCOCCOCCOCCOCCOCCOCCOCCC(=O)NCCCCn3nc(-c4ccc5oc(N)nc5c4)c4c(N)ncnc43)nn2)[C@H](C)C[C@H](C)/C=C/C=C/C=C/1C. The number of nitrogens with zero attached hydrogens (tertiary/aromatic N) is 10. The highest BCUT2D eigenvalue weighted by Gasteiger charge is 2.53. The Kier molecular flexibility index (Phi) is 43.3. The zero-order chi connectivity index (χ0) is 90.3. The normalized spacial score (nSPS) is 27.5. The number of amides is 2. The number of carbonyl (C=O) groups excluding carboxylic acids is 4. The summed E-state index contributed by atoms with van der Waals surface area (Å²) in [4.78, 5) is 76.6. The van der Waals surface area contributed by atoms with Gasteiger partial charge in [0.05, 0.1) is 160 Å². The van der Waals surface area contributed by atoms with Gasteiger partial charge in [0.25, 0.3) is 17.7 Å². The molecular weight excluding hydrogens is 1630 g/mol. The molecule has 126 heavy (non-hydrogen) atoms. The van der Waals surface area contributed by atoms with Crippen molar-refractivity contribution in [3.63, 3.8) is 0 Å². The van der Waals surface area contributed by atoms with Gasteiger partial charge in [-0.05, 0) is 138 Å². The minimum absolute atomic E-state index is 0.0214. The highest BCUT2D eigenvalue weighted by molar-refractivity contribution is 6.39. The number of ether oxygens (including phenoxy) is 14. The number of aryl methyl sites for hydroxylation is 1. The maximum absolute atomic E-state index is 14.9. The molecule has 1 saturated carbocycles. The monoisotopic (exact) mass is 1770 g/mol. The predicted octanol–water partition coefficient (Wildman–Crippen LogP) is 8.45. The summed E-state index contributed by atoms with van der Waals surface area (Å²) in [6.45, 7) is 21.4. The molecule has 3 aliphatic heterocycles. The first-order chi connectivity index (χ1) is 60.9. The Morgan fingerprint density at radius 1 is 0.730 bits per heavy atom. The summed E-state index contributed by atoms with van der Waals surface area (Å²) in [6, 6.07) is 4.47. The molecule has 0 radical (unpaired) electrons. The van der Waals surface area contributed by atoms with Crippen LogP contribution in [0.5, 0.6) is 0 Å². The van der Waals surface area contributed by atoms with Crippen molar-refractivity contribution in [2.24, 2.45) is 40.7 Å². The van der Waals surface area contributed by atoms with Crippen molar-refractivity contribution in [1.29, 1.82) is 0 Å². The van der Waals surface area contributed by atoms with Crippen molar-refractivity contribution >= 4 is 63.2 Å². The van der Waals surface area contributed by atoms with E-state index in [1.54, 1.807) is 49.9 Å². The van der Waals surface area contributed by atoms with E-state index in [1.165, 1.54) is 18.3 Å². The van der Waals surface area contributed by atoms with Crippen molar-refractivity contribution in [1.82, 2.24) is 49.9 Å². The topological polar surface area (TPSA) is 447 Å². The first-order valence-electron chi connectivity index (χ1n) is 44.7. The number of unbranched alkanes of at least 4 members (excludes halogenated alkanes) is 1. The number of esters is 1. The number of benzene rings is 1. The fraction of sp³-hybridized carbons (Fsp3) is 0.700. The van der Waals surface area contributed by atoms with E-state index in [0.717, 1.165) is 30.4 Å². The third-order valence-electron chi connectivity index (χ3n) is 23.8. The van der Waals surface area contributed by atoms with Gasteiger partial charge in [-0.1, -0.05) is 81.4 Å². The molecule has 4 aliphatic rings. The van der Waals surface area contributed by atoms with E-state index in [4.69, 9.17) is 97.3 Å². The lowest BCUT2D eigenvalue weighted by Gasteiger charge is -2.43. The summed E-state index contributed by atoms with van der Waals surface area (Å²) in [5.41, 5.74) is 17.7. The number of oxime groups is 1. The van der Waals surface area contributed by atoms with Crippen LogP contribution in [0.1, 0.15) is 150 Å². The van der Waals surface area contributed by atoms with Crippen molar-refractivity contribution in [2.75, 3.05) is 159 Å². The number of oxazole rings is 1. The van der Waals surface area contributed by atoms with Crippen molar-refractivity contribution in [3.05, 3.63) is 84.0 Å². The average molecular weight is 1770 g/mol. The van der Waals surface area contributed by atoms with Crippen LogP contribution in [-0.4, -0.2) is 297 Å². The summed E-state index contributed by atoms with van der Waals surface area (Å²) in [5.74, 6) is -6.40. The number of hydrogen-bond acceptors (Lipinski definition) is 32. The number of rotatable bonds is 43. The summed E-state index contributed by atoms with van der Waals surface area (Å²) in [5, 5.41) is 57.1. The van der Waals surface area contributed by atoms with E-state index in [0.29, 0.717) is 227 Å². The minimum Gasteiger partial charge on any atom is -0.460 e. The molecule has 2 saturated heterocycles. The lowest BCUT2D eigenvalue weighted by molar-refractivity contribution is -0.265. The molecule has 702 valence electrons. The number of nitrogens with one attached hydrogen (secondary N) is 1. The summed E-state index contributed by atoms with van der Waals surface area (Å²) >= 11 is 0. The third kappa shape index (κ3) is 31.3. The number of cyclic esters (lactones) is 1. The van der Waals surface area contributed by atoms with Crippen LogP contribution in [0.15, 0.2) is 87.9 Å². The van der Waals surface area contributed by atoms with Gasteiger partial charge in [-0.3, -0.25) is 14.4 Å². The first kappa shape index (κ1) is 102. The number of nitrogen functional groups attached to an aromatic ring is 2. The molecule has 5 aromatic rings. The zero-order valence-electron chi connectivity index (χ0n) is 75.6. The van der Waals surface area contributed by atoms with Crippen molar-refractivity contribution < 1.29 is 110 Å². The number of Topliss-reactive ketones (excluding diaryl/α,β-unsaturated/α-hetero) is 1. The highest BCUT2D eigenvalue weighted by Crippen LogP contribution is 2.40. The summed E-state index contributed by atoms with van der Waals surface area (Å²) in [6.07, 6.45) is 17.3. The number of nitrogens with two attached hydrogens (primary N) is 2. The van der Waals surface area contributed by atoms with Gasteiger partial charge in [-0.25, -0.2) is 24.1 Å². The molecule has 7 heterocycles. The quantitative estimate of drug-likeness (QED) is 0.00700. The van der Waals surface area contributed by atoms with Crippen LogP contribution in [0, 0.1) is 35.5 Å². The Morgan fingerprint density at radius 2 is 1.40 bits per heavy atom. The first-order valence-corrected chi connectivity index (χ1v) is 44.7. The number of allylic oxidation sites excluding steroid dienone is 5. The molecule has 2 bridgehead atoms. The Bertz CT molecular complexity index is 4270. The fourth-order valence-corrected chi connectivity index (χ4v) is 16.6. The van der Waals surface area contributed by atoms with Gasteiger partial charge in [0.1, 0.15) is 53.4 Å². The molecule has 2 amide bonds. The van der Waals surface area contributed by atoms with Crippen LogP contribution in [0.3, 0.4) is 0 Å². The number of methoxy groups -OCH3 is 4. The Hall–Kier alpha value is -8.15. The number of carbonyl (C=O) groups is 4.